The minimum Gasteiger partial charge on any atom is -0.352 e. The smallest absolute Gasteiger partial charge is 0.346 e. The molecule has 1 aromatic rings. The van der Waals surface area contributed by atoms with E-state index in [1.165, 1.54) is 17.5 Å². The average Bonchev–Trinajstić information content (AvgIpc) is 2.65. The van der Waals surface area contributed by atoms with Crippen molar-refractivity contribution in [2.75, 3.05) is 0 Å². The summed E-state index contributed by atoms with van der Waals surface area (Å²) in [7, 11) is 0. The fourth-order valence-electron chi connectivity index (χ4n) is 3.70. The molecule has 1 aliphatic carbocycles. The number of nitrogens with one attached hydrogen (secondary N) is 1. The first-order valence-electron chi connectivity index (χ1n) is 8.59. The van der Waals surface area contributed by atoms with E-state index < -0.39 is 0 Å². The second-order valence-corrected chi connectivity index (χ2v) is 6.85. The third-order valence-electron chi connectivity index (χ3n) is 4.88. The number of hydrogen-bond acceptors (Lipinski definition) is 3. The number of aromatic nitrogens is 3. The molecule has 1 aromatic heterocycles. The fourth-order valence-corrected chi connectivity index (χ4v) is 3.70. The standard InChI is InChI=1S/C16H26N4O2/c1-12-6-5-7-13(10-12)17-15(21)11-20-16(22)19-9-4-2-3-8-14(19)18-20/h12-13H,2-11H2,1H3,(H,17,21). The highest BCUT2D eigenvalue weighted by atomic mass is 16.2. The normalized spacial score (nSPS) is 25.3. The zero-order valence-electron chi connectivity index (χ0n) is 13.4. The van der Waals surface area contributed by atoms with Crippen molar-refractivity contribution in [3.05, 3.63) is 16.3 Å². The van der Waals surface area contributed by atoms with Crippen LogP contribution >= 0.6 is 0 Å². The minimum atomic E-state index is -0.135. The van der Waals surface area contributed by atoms with Crippen LogP contribution in [0.15, 0.2) is 4.79 Å². The molecular formula is C16H26N4O2. The van der Waals surface area contributed by atoms with Crippen molar-refractivity contribution >= 4 is 5.91 Å². The minimum absolute atomic E-state index is 0.0454. The van der Waals surface area contributed by atoms with Gasteiger partial charge in [0, 0.05) is 19.0 Å². The Morgan fingerprint density at radius 2 is 2.14 bits per heavy atom. The van der Waals surface area contributed by atoms with Crippen molar-refractivity contribution in [2.45, 2.75) is 77.4 Å². The van der Waals surface area contributed by atoms with Crippen LogP contribution < -0.4 is 11.0 Å². The fraction of sp³-hybridized carbons (Fsp3) is 0.812. The molecule has 6 nitrogen and oxygen atoms in total. The van der Waals surface area contributed by atoms with Gasteiger partial charge in [-0.1, -0.05) is 26.2 Å². The van der Waals surface area contributed by atoms with E-state index in [9.17, 15) is 9.59 Å². The Bertz CT molecular complexity index is 589. The summed E-state index contributed by atoms with van der Waals surface area (Å²) in [5.74, 6) is 1.42. The van der Waals surface area contributed by atoms with E-state index in [2.05, 4.69) is 17.3 Å². The Labute approximate surface area is 130 Å². The van der Waals surface area contributed by atoms with Crippen molar-refractivity contribution in [3.63, 3.8) is 0 Å². The third kappa shape index (κ3) is 3.42. The number of fused-ring (bicyclic) bond motifs is 1. The summed E-state index contributed by atoms with van der Waals surface area (Å²) >= 11 is 0. The van der Waals surface area contributed by atoms with E-state index >= 15 is 0 Å². The van der Waals surface area contributed by atoms with E-state index in [4.69, 9.17) is 0 Å². The Morgan fingerprint density at radius 3 is 2.95 bits per heavy atom. The summed E-state index contributed by atoms with van der Waals surface area (Å²) in [5, 5.41) is 7.43. The van der Waals surface area contributed by atoms with Gasteiger partial charge in [-0.15, -0.1) is 0 Å². The Balaban J connectivity index is 1.63. The van der Waals surface area contributed by atoms with E-state index in [1.54, 1.807) is 4.57 Å². The van der Waals surface area contributed by atoms with Crippen LogP contribution in [0.4, 0.5) is 0 Å². The van der Waals surface area contributed by atoms with Crippen LogP contribution in [0.5, 0.6) is 0 Å². The second-order valence-electron chi connectivity index (χ2n) is 6.85. The zero-order valence-corrected chi connectivity index (χ0v) is 13.4. The summed E-state index contributed by atoms with van der Waals surface area (Å²) in [6.07, 6.45) is 8.58. The van der Waals surface area contributed by atoms with Crippen LogP contribution in [0.3, 0.4) is 0 Å². The summed E-state index contributed by atoms with van der Waals surface area (Å²) in [5.41, 5.74) is -0.135. The lowest BCUT2D eigenvalue weighted by Crippen LogP contribution is -2.41. The topological polar surface area (TPSA) is 68.9 Å². The van der Waals surface area contributed by atoms with Gasteiger partial charge in [0.2, 0.25) is 5.91 Å². The molecule has 2 atom stereocenters. The maximum atomic E-state index is 12.3. The summed E-state index contributed by atoms with van der Waals surface area (Å²) in [6, 6.07) is 0.257. The second kappa shape index (κ2) is 6.67. The van der Waals surface area contributed by atoms with E-state index in [-0.39, 0.29) is 24.2 Å². The van der Waals surface area contributed by atoms with E-state index in [1.807, 2.05) is 0 Å². The monoisotopic (exact) mass is 306 g/mol. The molecule has 2 heterocycles. The summed E-state index contributed by atoms with van der Waals surface area (Å²) in [6.45, 7) is 3.01. The molecule has 1 fully saturated rings. The maximum absolute atomic E-state index is 12.3. The quantitative estimate of drug-likeness (QED) is 0.919. The molecule has 2 aliphatic rings. The predicted molar refractivity (Wildman–Crippen MR) is 83.6 cm³/mol. The molecule has 0 saturated heterocycles. The van der Waals surface area contributed by atoms with Gasteiger partial charge in [-0.05, 0) is 31.6 Å². The molecule has 1 aliphatic heterocycles. The van der Waals surface area contributed by atoms with Crippen molar-refractivity contribution in [2.24, 2.45) is 5.92 Å². The number of carbonyl (C=O) groups is 1. The number of rotatable bonds is 3. The van der Waals surface area contributed by atoms with Crippen LogP contribution in [-0.2, 0) is 24.3 Å². The van der Waals surface area contributed by atoms with Gasteiger partial charge >= 0.3 is 5.69 Å². The summed E-state index contributed by atoms with van der Waals surface area (Å²) in [4.78, 5) is 24.5. The van der Waals surface area contributed by atoms with Gasteiger partial charge in [-0.3, -0.25) is 9.36 Å². The first kappa shape index (κ1) is 15.3. The van der Waals surface area contributed by atoms with Crippen molar-refractivity contribution < 1.29 is 4.79 Å². The van der Waals surface area contributed by atoms with E-state index in [0.717, 1.165) is 50.9 Å². The van der Waals surface area contributed by atoms with Crippen LogP contribution in [-0.4, -0.2) is 26.3 Å². The van der Waals surface area contributed by atoms with Crippen molar-refractivity contribution in [1.82, 2.24) is 19.7 Å². The largest absolute Gasteiger partial charge is 0.352 e. The maximum Gasteiger partial charge on any atom is 0.346 e. The number of aryl methyl sites for hydroxylation is 1. The van der Waals surface area contributed by atoms with Crippen LogP contribution in [0, 0.1) is 5.92 Å². The highest BCUT2D eigenvalue weighted by Gasteiger charge is 2.22. The van der Waals surface area contributed by atoms with Crippen LogP contribution in [0.1, 0.15) is 57.7 Å². The lowest BCUT2D eigenvalue weighted by molar-refractivity contribution is -0.122. The van der Waals surface area contributed by atoms with Gasteiger partial charge in [-0.25, -0.2) is 9.48 Å². The number of carbonyl (C=O) groups excluding carboxylic acids is 1. The van der Waals surface area contributed by atoms with Gasteiger partial charge in [0.05, 0.1) is 0 Å². The summed E-state index contributed by atoms with van der Waals surface area (Å²) < 4.78 is 3.07. The van der Waals surface area contributed by atoms with Gasteiger partial charge in [0.25, 0.3) is 0 Å². The molecule has 3 rings (SSSR count). The molecule has 0 spiro atoms. The number of amides is 1. The van der Waals surface area contributed by atoms with Crippen LogP contribution in [0.2, 0.25) is 0 Å². The molecule has 0 bridgehead atoms. The average molecular weight is 306 g/mol. The molecule has 6 heteroatoms. The first-order chi connectivity index (χ1) is 10.6. The highest BCUT2D eigenvalue weighted by molar-refractivity contribution is 5.75. The van der Waals surface area contributed by atoms with Gasteiger partial charge in [0.1, 0.15) is 12.4 Å². The Kier molecular flexibility index (Phi) is 4.64. The Hall–Kier alpha value is -1.59. The molecule has 122 valence electrons. The number of nitrogens with zero attached hydrogens (tertiary/aromatic N) is 3. The van der Waals surface area contributed by atoms with E-state index in [0.29, 0.717) is 5.92 Å². The lowest BCUT2D eigenvalue weighted by atomic mass is 9.87. The lowest BCUT2D eigenvalue weighted by Gasteiger charge is -2.27. The molecule has 0 radical (unpaired) electrons. The highest BCUT2D eigenvalue weighted by Crippen LogP contribution is 2.23. The predicted octanol–water partition coefficient (Wildman–Crippen LogP) is 1.47. The van der Waals surface area contributed by atoms with Crippen LogP contribution in [0.25, 0.3) is 0 Å². The zero-order chi connectivity index (χ0) is 15.5. The molecule has 22 heavy (non-hydrogen) atoms. The van der Waals surface area contributed by atoms with Gasteiger partial charge in [-0.2, -0.15) is 5.10 Å². The van der Waals surface area contributed by atoms with Gasteiger partial charge < -0.3 is 5.32 Å². The molecular weight excluding hydrogens is 280 g/mol. The third-order valence-corrected chi connectivity index (χ3v) is 4.88. The molecule has 0 aromatic carbocycles. The van der Waals surface area contributed by atoms with Crippen molar-refractivity contribution in [1.29, 1.82) is 0 Å². The Morgan fingerprint density at radius 1 is 1.27 bits per heavy atom. The van der Waals surface area contributed by atoms with Gasteiger partial charge in [0.15, 0.2) is 0 Å². The SMILES string of the molecule is CC1CCCC(NC(=O)Cn2nc3n(c2=O)CCCCC3)C1. The molecule has 1 amide bonds. The molecule has 1 N–H and O–H groups in total. The number of hydrogen-bond donors (Lipinski definition) is 1. The van der Waals surface area contributed by atoms with Crippen molar-refractivity contribution in [3.8, 4) is 0 Å². The molecule has 1 saturated carbocycles. The first-order valence-corrected chi connectivity index (χ1v) is 8.59. The molecule has 2 unspecified atom stereocenters.